The third-order valence-electron chi connectivity index (χ3n) is 4.72. The molecular formula is C21H21F3N4O4S. The fourth-order valence-corrected chi connectivity index (χ4v) is 4.17. The molecule has 0 aliphatic heterocycles. The molecule has 3 aromatic rings. The largest absolute Gasteiger partial charge is 0.416 e. The Kier molecular flexibility index (Phi) is 7.49. The molecule has 12 heteroatoms. The van der Waals surface area contributed by atoms with E-state index in [-0.39, 0.29) is 17.0 Å². The molecule has 176 valence electrons. The molecule has 0 spiro atoms. The van der Waals surface area contributed by atoms with Crippen LogP contribution in [0.5, 0.6) is 0 Å². The number of aromatic nitrogens is 2. The van der Waals surface area contributed by atoms with Crippen molar-refractivity contribution in [3.63, 3.8) is 0 Å². The van der Waals surface area contributed by atoms with E-state index in [0.29, 0.717) is 34.8 Å². The molecule has 1 aromatic carbocycles. The molecule has 2 amide bonds. The highest BCUT2D eigenvalue weighted by molar-refractivity contribution is 7.20. The Bertz CT molecular complexity index is 1240. The first-order chi connectivity index (χ1) is 15.6. The molecule has 2 heterocycles. The highest BCUT2D eigenvalue weighted by atomic mass is 32.1. The normalized spacial score (nSPS) is 11.5. The van der Waals surface area contributed by atoms with E-state index >= 15 is 0 Å². The van der Waals surface area contributed by atoms with E-state index in [1.807, 2.05) is 0 Å². The smallest absolute Gasteiger partial charge is 0.385 e. The minimum absolute atomic E-state index is 0.0453. The fourth-order valence-electron chi connectivity index (χ4n) is 3.12. The summed E-state index contributed by atoms with van der Waals surface area (Å²) in [6.45, 7) is 2.08. The van der Waals surface area contributed by atoms with Crippen LogP contribution in [0.3, 0.4) is 0 Å². The maximum atomic E-state index is 12.9. The number of methoxy groups -OCH3 is 1. The first-order valence-corrected chi connectivity index (χ1v) is 10.7. The predicted molar refractivity (Wildman–Crippen MR) is 118 cm³/mol. The van der Waals surface area contributed by atoms with Gasteiger partial charge in [0.2, 0.25) is 5.91 Å². The number of carbonyl (C=O) groups excluding carboxylic acids is 2. The Labute approximate surface area is 190 Å². The summed E-state index contributed by atoms with van der Waals surface area (Å²) in [7, 11) is 1.56. The zero-order valence-corrected chi connectivity index (χ0v) is 18.6. The van der Waals surface area contributed by atoms with Crippen molar-refractivity contribution in [2.24, 2.45) is 0 Å². The van der Waals surface area contributed by atoms with E-state index in [4.69, 9.17) is 4.74 Å². The van der Waals surface area contributed by atoms with Crippen LogP contribution in [0.2, 0.25) is 0 Å². The minimum atomic E-state index is -4.54. The number of thiophene rings is 1. The van der Waals surface area contributed by atoms with Gasteiger partial charge >= 0.3 is 6.18 Å². The number of anilines is 1. The van der Waals surface area contributed by atoms with Gasteiger partial charge in [-0.25, -0.2) is 4.98 Å². The van der Waals surface area contributed by atoms with Crippen molar-refractivity contribution < 1.29 is 27.5 Å². The van der Waals surface area contributed by atoms with Crippen LogP contribution >= 0.6 is 11.3 Å². The molecule has 0 aliphatic rings. The van der Waals surface area contributed by atoms with Gasteiger partial charge in [-0.1, -0.05) is 6.07 Å². The summed E-state index contributed by atoms with van der Waals surface area (Å²) < 4.78 is 44.5. The molecule has 0 fully saturated rings. The summed E-state index contributed by atoms with van der Waals surface area (Å²) in [5, 5.41) is 5.33. The number of carbonyl (C=O) groups is 2. The Morgan fingerprint density at radius 2 is 2.03 bits per heavy atom. The van der Waals surface area contributed by atoms with Crippen LogP contribution in [-0.4, -0.2) is 41.6 Å². The standard InChI is InChI=1S/C21H21F3N4O4S/c1-12-16-19(33-17(12)18(30)25-7-4-8-32-2)26-11-28(20(16)31)10-15(29)27-14-6-3-5-13(9-14)21(22,23)24/h3,5-6,9,11H,4,7-8,10H2,1-2H3,(H,25,30)(H,27,29). The lowest BCUT2D eigenvalue weighted by Crippen LogP contribution is -2.28. The van der Waals surface area contributed by atoms with Crippen LogP contribution in [0, 0.1) is 6.92 Å². The third kappa shape index (κ3) is 5.76. The Morgan fingerprint density at radius 1 is 1.27 bits per heavy atom. The lowest BCUT2D eigenvalue weighted by atomic mass is 10.2. The molecule has 0 unspecified atom stereocenters. The van der Waals surface area contributed by atoms with Crippen molar-refractivity contribution >= 4 is 39.1 Å². The quantitative estimate of drug-likeness (QED) is 0.480. The monoisotopic (exact) mass is 482 g/mol. The SMILES string of the molecule is COCCCNC(=O)c1sc2ncn(CC(=O)Nc3cccc(C(F)(F)F)c3)c(=O)c2c1C. The Morgan fingerprint density at radius 3 is 2.73 bits per heavy atom. The van der Waals surface area contributed by atoms with Gasteiger partial charge in [-0.15, -0.1) is 11.3 Å². The van der Waals surface area contributed by atoms with Crippen LogP contribution in [0.1, 0.15) is 27.2 Å². The number of rotatable bonds is 8. The van der Waals surface area contributed by atoms with Crippen LogP contribution in [0.15, 0.2) is 35.4 Å². The number of hydrogen-bond acceptors (Lipinski definition) is 6. The number of fused-ring (bicyclic) bond motifs is 1. The maximum Gasteiger partial charge on any atom is 0.416 e. The van der Waals surface area contributed by atoms with Crippen LogP contribution in [0.4, 0.5) is 18.9 Å². The van der Waals surface area contributed by atoms with Gasteiger partial charge in [0, 0.05) is 25.9 Å². The van der Waals surface area contributed by atoms with Gasteiger partial charge in [0.25, 0.3) is 11.5 Å². The molecule has 0 bridgehead atoms. The van der Waals surface area contributed by atoms with Gasteiger partial charge in [0.15, 0.2) is 0 Å². The molecule has 3 rings (SSSR count). The number of benzene rings is 1. The van der Waals surface area contributed by atoms with E-state index in [0.717, 1.165) is 28.0 Å². The number of amides is 2. The summed E-state index contributed by atoms with van der Waals surface area (Å²) in [6, 6.07) is 4.19. The van der Waals surface area contributed by atoms with Gasteiger partial charge in [-0.05, 0) is 37.1 Å². The molecule has 0 saturated carbocycles. The number of nitrogens with one attached hydrogen (secondary N) is 2. The van der Waals surface area contributed by atoms with Crippen molar-refractivity contribution in [1.82, 2.24) is 14.9 Å². The summed E-state index contributed by atoms with van der Waals surface area (Å²) in [4.78, 5) is 42.6. The number of halogens is 3. The molecule has 0 atom stereocenters. The van der Waals surface area contributed by atoms with Crippen molar-refractivity contribution in [3.8, 4) is 0 Å². The van der Waals surface area contributed by atoms with Crippen molar-refractivity contribution in [1.29, 1.82) is 0 Å². The maximum absolute atomic E-state index is 12.9. The van der Waals surface area contributed by atoms with Gasteiger partial charge in [0.1, 0.15) is 11.4 Å². The number of aryl methyl sites for hydroxylation is 1. The molecule has 33 heavy (non-hydrogen) atoms. The Hall–Kier alpha value is -3.25. The first kappa shape index (κ1) is 24.4. The second kappa shape index (κ2) is 10.1. The average Bonchev–Trinajstić information content (AvgIpc) is 3.10. The molecule has 0 saturated heterocycles. The summed E-state index contributed by atoms with van der Waals surface area (Å²) in [5.74, 6) is -1.03. The zero-order valence-electron chi connectivity index (χ0n) is 17.8. The van der Waals surface area contributed by atoms with Gasteiger partial charge in [-0.3, -0.25) is 19.0 Å². The number of ether oxygens (including phenoxy) is 1. The topological polar surface area (TPSA) is 102 Å². The van der Waals surface area contributed by atoms with E-state index in [1.54, 1.807) is 14.0 Å². The number of nitrogens with zero attached hydrogens (tertiary/aromatic N) is 2. The molecule has 0 radical (unpaired) electrons. The van der Waals surface area contributed by atoms with Gasteiger partial charge in [-0.2, -0.15) is 13.2 Å². The van der Waals surface area contributed by atoms with E-state index < -0.39 is 29.8 Å². The lowest BCUT2D eigenvalue weighted by Gasteiger charge is -2.10. The number of hydrogen-bond donors (Lipinski definition) is 2. The van der Waals surface area contributed by atoms with E-state index in [1.165, 1.54) is 18.5 Å². The Balaban J connectivity index is 1.77. The first-order valence-electron chi connectivity index (χ1n) is 9.84. The summed E-state index contributed by atoms with van der Waals surface area (Å²) in [6.07, 6.45) is -2.73. The average molecular weight is 482 g/mol. The second-order valence-corrected chi connectivity index (χ2v) is 8.14. The molecule has 2 aromatic heterocycles. The van der Waals surface area contributed by atoms with Crippen LogP contribution < -0.4 is 16.2 Å². The van der Waals surface area contributed by atoms with Crippen molar-refractivity contribution in [2.45, 2.75) is 26.1 Å². The third-order valence-corrected chi connectivity index (χ3v) is 5.92. The minimum Gasteiger partial charge on any atom is -0.385 e. The fraction of sp³-hybridized carbons (Fsp3) is 0.333. The van der Waals surface area contributed by atoms with E-state index in [2.05, 4.69) is 15.6 Å². The highest BCUT2D eigenvalue weighted by Gasteiger charge is 2.30. The van der Waals surface area contributed by atoms with Gasteiger partial charge < -0.3 is 15.4 Å². The molecule has 8 nitrogen and oxygen atoms in total. The lowest BCUT2D eigenvalue weighted by molar-refractivity contribution is -0.137. The van der Waals surface area contributed by atoms with Gasteiger partial charge in [0.05, 0.1) is 22.2 Å². The summed E-state index contributed by atoms with van der Waals surface area (Å²) >= 11 is 1.07. The zero-order chi connectivity index (χ0) is 24.2. The van der Waals surface area contributed by atoms with Crippen LogP contribution in [-0.2, 0) is 22.3 Å². The van der Waals surface area contributed by atoms with Crippen molar-refractivity contribution in [3.05, 3.63) is 57.0 Å². The van der Waals surface area contributed by atoms with Crippen LogP contribution in [0.25, 0.3) is 10.2 Å². The second-order valence-electron chi connectivity index (χ2n) is 7.14. The number of alkyl halides is 3. The predicted octanol–water partition coefficient (Wildman–Crippen LogP) is 3.19. The molecule has 0 aliphatic carbocycles. The van der Waals surface area contributed by atoms with Crippen molar-refractivity contribution in [2.75, 3.05) is 25.6 Å². The highest BCUT2D eigenvalue weighted by Crippen LogP contribution is 2.30. The molecular weight excluding hydrogens is 461 g/mol. The van der Waals surface area contributed by atoms with E-state index in [9.17, 15) is 27.6 Å². The molecule has 2 N–H and O–H groups in total. The summed E-state index contributed by atoms with van der Waals surface area (Å²) in [5.41, 5.74) is -1.02.